The Kier molecular flexibility index (Phi) is 7.81. The van der Waals surface area contributed by atoms with E-state index in [9.17, 15) is 18.8 Å². The van der Waals surface area contributed by atoms with Crippen molar-refractivity contribution < 1.29 is 18.8 Å². The number of anilines is 1. The minimum absolute atomic E-state index is 0.194. The summed E-state index contributed by atoms with van der Waals surface area (Å²) in [5, 5.41) is 8.69. The van der Waals surface area contributed by atoms with E-state index in [2.05, 4.69) is 16.0 Å². The lowest BCUT2D eigenvalue weighted by atomic mass is 10.1. The second-order valence-corrected chi connectivity index (χ2v) is 7.52. The van der Waals surface area contributed by atoms with Crippen LogP contribution < -0.4 is 16.0 Å². The van der Waals surface area contributed by atoms with Crippen LogP contribution in [0.2, 0.25) is 10.0 Å². The molecule has 0 aliphatic heterocycles. The molecular formula is C23H18Cl2FN3O3. The Morgan fingerprint density at radius 1 is 0.719 bits per heavy atom. The fourth-order valence-electron chi connectivity index (χ4n) is 2.73. The molecule has 9 heteroatoms. The van der Waals surface area contributed by atoms with E-state index in [0.29, 0.717) is 21.8 Å². The summed E-state index contributed by atoms with van der Waals surface area (Å²) in [6.07, 6.45) is 0. The van der Waals surface area contributed by atoms with Crippen LogP contribution in [0.25, 0.3) is 0 Å². The maximum Gasteiger partial charge on any atom is 0.255 e. The van der Waals surface area contributed by atoms with Gasteiger partial charge < -0.3 is 16.0 Å². The minimum atomic E-state index is -0.426. The van der Waals surface area contributed by atoms with Crippen molar-refractivity contribution in [2.24, 2.45) is 0 Å². The summed E-state index contributed by atoms with van der Waals surface area (Å²) in [6, 6.07) is 16.0. The van der Waals surface area contributed by atoms with Gasteiger partial charge in [-0.15, -0.1) is 0 Å². The number of carbonyl (C=O) groups excluding carboxylic acids is 3. The number of nitrogens with one attached hydrogen (secondary N) is 3. The van der Waals surface area contributed by atoms with Crippen molar-refractivity contribution in [2.45, 2.75) is 0 Å². The van der Waals surface area contributed by atoms with Crippen LogP contribution in [0.5, 0.6) is 0 Å². The molecule has 3 N–H and O–H groups in total. The van der Waals surface area contributed by atoms with Gasteiger partial charge in [-0.1, -0.05) is 23.2 Å². The largest absolute Gasteiger partial charge is 0.350 e. The third-order valence-corrected chi connectivity index (χ3v) is 4.95. The zero-order valence-corrected chi connectivity index (χ0v) is 18.1. The normalized spacial score (nSPS) is 10.3. The van der Waals surface area contributed by atoms with Crippen LogP contribution in [0.1, 0.15) is 31.1 Å². The van der Waals surface area contributed by atoms with Crippen molar-refractivity contribution in [1.29, 1.82) is 0 Å². The lowest BCUT2D eigenvalue weighted by Crippen LogP contribution is -2.34. The molecule has 0 unspecified atom stereocenters. The van der Waals surface area contributed by atoms with E-state index in [1.807, 2.05) is 0 Å². The van der Waals surface area contributed by atoms with Crippen LogP contribution >= 0.6 is 23.2 Å². The maximum atomic E-state index is 13.0. The van der Waals surface area contributed by atoms with Crippen molar-refractivity contribution in [1.82, 2.24) is 10.6 Å². The molecule has 0 fully saturated rings. The molecule has 0 aromatic heterocycles. The second kappa shape index (κ2) is 10.7. The number of amides is 3. The predicted octanol–water partition coefficient (Wildman–Crippen LogP) is 4.54. The molecule has 0 spiro atoms. The van der Waals surface area contributed by atoms with Crippen LogP contribution in [0.15, 0.2) is 66.7 Å². The number of rotatable bonds is 7. The lowest BCUT2D eigenvalue weighted by molar-refractivity contribution is 0.0927. The van der Waals surface area contributed by atoms with Gasteiger partial charge in [-0.05, 0) is 66.7 Å². The van der Waals surface area contributed by atoms with Crippen LogP contribution in [-0.2, 0) is 0 Å². The number of hydrogen-bond acceptors (Lipinski definition) is 3. The third-order valence-electron chi connectivity index (χ3n) is 4.38. The maximum absolute atomic E-state index is 13.0. The van der Waals surface area contributed by atoms with Crippen molar-refractivity contribution >= 4 is 46.6 Å². The fraction of sp³-hybridized carbons (Fsp3) is 0.0870. The highest BCUT2D eigenvalue weighted by atomic mass is 35.5. The molecule has 0 heterocycles. The second-order valence-electron chi connectivity index (χ2n) is 6.67. The van der Waals surface area contributed by atoms with Gasteiger partial charge >= 0.3 is 0 Å². The molecule has 0 aliphatic rings. The van der Waals surface area contributed by atoms with E-state index >= 15 is 0 Å². The Bertz CT molecular complexity index is 1140. The number of hydrogen-bond donors (Lipinski definition) is 3. The van der Waals surface area contributed by atoms with E-state index in [0.717, 1.165) is 0 Å². The first kappa shape index (κ1) is 23.2. The smallest absolute Gasteiger partial charge is 0.255 e. The Morgan fingerprint density at radius 2 is 1.28 bits per heavy atom. The summed E-state index contributed by atoms with van der Waals surface area (Å²) >= 11 is 11.9. The summed E-state index contributed by atoms with van der Waals surface area (Å²) in [4.78, 5) is 36.6. The molecule has 3 rings (SSSR count). The van der Waals surface area contributed by atoms with Crippen molar-refractivity contribution in [3.8, 4) is 0 Å². The molecule has 0 bridgehead atoms. The summed E-state index contributed by atoms with van der Waals surface area (Å²) in [7, 11) is 0. The van der Waals surface area contributed by atoms with Gasteiger partial charge in [0, 0.05) is 34.9 Å². The van der Waals surface area contributed by atoms with E-state index < -0.39 is 17.6 Å². The predicted molar refractivity (Wildman–Crippen MR) is 122 cm³/mol. The zero-order chi connectivity index (χ0) is 23.1. The van der Waals surface area contributed by atoms with Crippen LogP contribution in [0.3, 0.4) is 0 Å². The van der Waals surface area contributed by atoms with Gasteiger partial charge in [0.25, 0.3) is 17.7 Å². The third kappa shape index (κ3) is 6.29. The SMILES string of the molecule is O=C(NCCNC(=O)c1cc(Cl)ccc1Cl)c1ccc(NC(=O)c2ccc(F)cc2)cc1. The van der Waals surface area contributed by atoms with Crippen LogP contribution in [-0.4, -0.2) is 30.8 Å². The van der Waals surface area contributed by atoms with E-state index in [1.54, 1.807) is 30.3 Å². The molecule has 32 heavy (non-hydrogen) atoms. The molecule has 0 saturated heterocycles. The Morgan fingerprint density at radius 3 is 1.94 bits per heavy atom. The summed E-state index contributed by atoms with van der Waals surface area (Å²) < 4.78 is 13.0. The van der Waals surface area contributed by atoms with E-state index in [1.165, 1.54) is 36.4 Å². The highest BCUT2D eigenvalue weighted by molar-refractivity contribution is 6.35. The van der Waals surface area contributed by atoms with Gasteiger partial charge in [-0.3, -0.25) is 14.4 Å². The number of carbonyl (C=O) groups is 3. The van der Waals surface area contributed by atoms with Gasteiger partial charge in [-0.2, -0.15) is 0 Å². The molecule has 3 aromatic carbocycles. The number of halogens is 3. The summed E-state index contributed by atoms with van der Waals surface area (Å²) in [5.41, 5.74) is 1.44. The molecule has 3 aromatic rings. The Balaban J connectivity index is 1.46. The topological polar surface area (TPSA) is 87.3 Å². The Labute approximate surface area is 193 Å². The minimum Gasteiger partial charge on any atom is -0.350 e. The highest BCUT2D eigenvalue weighted by Crippen LogP contribution is 2.20. The van der Waals surface area contributed by atoms with Gasteiger partial charge in [-0.25, -0.2) is 4.39 Å². The molecule has 6 nitrogen and oxygen atoms in total. The fourth-order valence-corrected chi connectivity index (χ4v) is 3.11. The van der Waals surface area contributed by atoms with Crippen molar-refractivity contribution in [3.63, 3.8) is 0 Å². The quantitative estimate of drug-likeness (QED) is 0.440. The van der Waals surface area contributed by atoms with Gasteiger partial charge in [0.15, 0.2) is 0 Å². The van der Waals surface area contributed by atoms with Gasteiger partial charge in [0.2, 0.25) is 0 Å². The standard InChI is InChI=1S/C23H18Cl2FN3O3/c24-16-5-10-20(25)19(13-16)23(32)28-12-11-27-21(30)14-3-8-18(9-4-14)29-22(31)15-1-6-17(26)7-2-15/h1-10,13H,11-12H2,(H,27,30)(H,28,32)(H,29,31). The number of benzene rings is 3. The Hall–Kier alpha value is -3.42. The molecule has 0 saturated carbocycles. The van der Waals surface area contributed by atoms with Gasteiger partial charge in [0.1, 0.15) is 5.82 Å². The average molecular weight is 474 g/mol. The first-order chi connectivity index (χ1) is 15.3. The van der Waals surface area contributed by atoms with E-state index in [-0.39, 0.29) is 29.6 Å². The first-order valence-electron chi connectivity index (χ1n) is 9.52. The summed E-state index contributed by atoms with van der Waals surface area (Å²) in [5.74, 6) is -1.55. The average Bonchev–Trinajstić information content (AvgIpc) is 2.79. The molecule has 164 valence electrons. The van der Waals surface area contributed by atoms with Crippen LogP contribution in [0.4, 0.5) is 10.1 Å². The molecule has 3 amide bonds. The monoisotopic (exact) mass is 473 g/mol. The zero-order valence-electron chi connectivity index (χ0n) is 16.6. The lowest BCUT2D eigenvalue weighted by Gasteiger charge is -2.09. The molecule has 0 aliphatic carbocycles. The molecule has 0 radical (unpaired) electrons. The van der Waals surface area contributed by atoms with Crippen molar-refractivity contribution in [3.05, 3.63) is 99.3 Å². The molecular weight excluding hydrogens is 456 g/mol. The van der Waals surface area contributed by atoms with E-state index in [4.69, 9.17) is 23.2 Å². The molecule has 0 atom stereocenters. The highest BCUT2D eigenvalue weighted by Gasteiger charge is 2.11. The first-order valence-corrected chi connectivity index (χ1v) is 10.3. The van der Waals surface area contributed by atoms with Crippen LogP contribution in [0, 0.1) is 5.82 Å². The van der Waals surface area contributed by atoms with Crippen molar-refractivity contribution in [2.75, 3.05) is 18.4 Å². The van der Waals surface area contributed by atoms with Gasteiger partial charge in [0.05, 0.1) is 10.6 Å². The summed E-state index contributed by atoms with van der Waals surface area (Å²) in [6.45, 7) is 0.394.